The van der Waals surface area contributed by atoms with Crippen molar-refractivity contribution in [1.29, 1.82) is 0 Å². The van der Waals surface area contributed by atoms with E-state index in [9.17, 15) is 4.79 Å². The van der Waals surface area contributed by atoms with Crippen molar-refractivity contribution in [2.75, 3.05) is 18.4 Å². The fourth-order valence-corrected chi connectivity index (χ4v) is 3.00. The Morgan fingerprint density at radius 1 is 1.42 bits per heavy atom. The molecule has 128 valence electrons. The van der Waals surface area contributed by atoms with Gasteiger partial charge in [0.1, 0.15) is 5.60 Å². The molecule has 2 heterocycles. The number of carbonyl (C=O) groups excluding carboxylic acids is 1. The summed E-state index contributed by atoms with van der Waals surface area (Å²) in [7, 11) is 0. The number of likely N-dealkylation sites (tertiary alicyclic amines) is 1. The predicted octanol–water partition coefficient (Wildman–Crippen LogP) is 4.31. The highest BCUT2D eigenvalue weighted by atomic mass is 35.5. The lowest BCUT2D eigenvalue weighted by Gasteiger charge is -2.24. The average Bonchev–Trinajstić information content (AvgIpc) is 2.95. The van der Waals surface area contributed by atoms with E-state index in [1.54, 1.807) is 11.1 Å². The third-order valence-electron chi connectivity index (χ3n) is 3.89. The van der Waals surface area contributed by atoms with Gasteiger partial charge in [0.2, 0.25) is 0 Å². The summed E-state index contributed by atoms with van der Waals surface area (Å²) >= 11 is 6.07. The first-order valence-corrected chi connectivity index (χ1v) is 8.48. The van der Waals surface area contributed by atoms with Crippen LogP contribution in [0, 0.1) is 0 Å². The number of aromatic nitrogens is 1. The summed E-state index contributed by atoms with van der Waals surface area (Å²) in [5.74, 6) is 0. The number of nitrogens with zero attached hydrogens (tertiary/aromatic N) is 2. The summed E-state index contributed by atoms with van der Waals surface area (Å²) in [5.41, 5.74) is 1.41. The van der Waals surface area contributed by atoms with Gasteiger partial charge in [-0.1, -0.05) is 17.7 Å². The maximum Gasteiger partial charge on any atom is 0.410 e. The molecular formula is C18H22ClN3O2. The maximum absolute atomic E-state index is 12.2. The Hall–Kier alpha value is -2.01. The van der Waals surface area contributed by atoms with Gasteiger partial charge in [-0.05, 0) is 45.4 Å². The van der Waals surface area contributed by atoms with Crippen LogP contribution in [0.2, 0.25) is 5.02 Å². The minimum absolute atomic E-state index is 0.182. The molecule has 0 bridgehead atoms. The van der Waals surface area contributed by atoms with Crippen LogP contribution in [0.4, 0.5) is 10.5 Å². The van der Waals surface area contributed by atoms with Crippen LogP contribution in [0.15, 0.2) is 30.5 Å². The molecule has 1 aromatic heterocycles. The molecule has 1 saturated heterocycles. The van der Waals surface area contributed by atoms with Crippen LogP contribution in [-0.2, 0) is 4.74 Å². The molecule has 6 heteroatoms. The molecule has 0 saturated carbocycles. The summed E-state index contributed by atoms with van der Waals surface area (Å²) in [6.45, 7) is 6.95. The Bertz CT molecular complexity index is 758. The lowest BCUT2D eigenvalue weighted by Crippen LogP contribution is -2.36. The second-order valence-electron chi connectivity index (χ2n) is 7.08. The molecule has 1 fully saturated rings. The number of fused-ring (bicyclic) bond motifs is 1. The van der Waals surface area contributed by atoms with Gasteiger partial charge in [-0.25, -0.2) is 4.79 Å². The van der Waals surface area contributed by atoms with Crippen molar-refractivity contribution in [2.45, 2.75) is 38.8 Å². The maximum atomic E-state index is 12.2. The predicted molar refractivity (Wildman–Crippen MR) is 96.6 cm³/mol. The molecule has 0 spiro atoms. The first-order chi connectivity index (χ1) is 11.3. The van der Waals surface area contributed by atoms with E-state index >= 15 is 0 Å². The van der Waals surface area contributed by atoms with E-state index in [-0.39, 0.29) is 12.1 Å². The fourth-order valence-electron chi connectivity index (χ4n) is 2.84. The summed E-state index contributed by atoms with van der Waals surface area (Å²) in [6, 6.07) is 8.02. The van der Waals surface area contributed by atoms with Gasteiger partial charge in [0.15, 0.2) is 0 Å². The van der Waals surface area contributed by atoms with Gasteiger partial charge in [0, 0.05) is 36.4 Å². The minimum Gasteiger partial charge on any atom is -0.444 e. The van der Waals surface area contributed by atoms with Crippen LogP contribution in [-0.4, -0.2) is 40.7 Å². The monoisotopic (exact) mass is 347 g/mol. The van der Waals surface area contributed by atoms with Crippen LogP contribution in [0.5, 0.6) is 0 Å². The molecule has 24 heavy (non-hydrogen) atoms. The van der Waals surface area contributed by atoms with Gasteiger partial charge in [-0.2, -0.15) is 0 Å². The van der Waals surface area contributed by atoms with Crippen molar-refractivity contribution in [1.82, 2.24) is 9.88 Å². The van der Waals surface area contributed by atoms with E-state index in [1.807, 2.05) is 45.0 Å². The molecule has 0 aliphatic carbocycles. The number of benzene rings is 1. The van der Waals surface area contributed by atoms with E-state index in [0.717, 1.165) is 23.0 Å². The van der Waals surface area contributed by atoms with Crippen molar-refractivity contribution in [3.8, 4) is 0 Å². The quantitative estimate of drug-likeness (QED) is 0.879. The molecule has 1 aliphatic heterocycles. The Kier molecular flexibility index (Phi) is 4.54. The number of ether oxygens (including phenoxy) is 1. The number of carbonyl (C=O) groups is 1. The Morgan fingerprint density at radius 3 is 2.96 bits per heavy atom. The summed E-state index contributed by atoms with van der Waals surface area (Å²) < 4.78 is 5.44. The lowest BCUT2D eigenvalue weighted by atomic mass is 10.1. The first-order valence-electron chi connectivity index (χ1n) is 8.10. The van der Waals surface area contributed by atoms with E-state index in [2.05, 4.69) is 10.3 Å². The zero-order valence-corrected chi connectivity index (χ0v) is 14.9. The molecule has 2 aromatic rings. The van der Waals surface area contributed by atoms with Gasteiger partial charge in [-0.3, -0.25) is 4.98 Å². The van der Waals surface area contributed by atoms with E-state index < -0.39 is 5.60 Å². The number of halogens is 1. The number of hydrogen-bond acceptors (Lipinski definition) is 4. The van der Waals surface area contributed by atoms with Gasteiger partial charge in [0.05, 0.1) is 10.5 Å². The molecule has 5 nitrogen and oxygen atoms in total. The molecule has 0 radical (unpaired) electrons. The first kappa shape index (κ1) is 16.8. The Balaban J connectivity index is 1.70. The third-order valence-corrected chi connectivity index (χ3v) is 4.10. The SMILES string of the molecule is CC(C)(C)OC(=O)N1CC[C@H](Nc2cccc3ncc(Cl)cc23)C1. The zero-order chi connectivity index (χ0) is 17.3. The van der Waals surface area contributed by atoms with Crippen molar-refractivity contribution in [3.05, 3.63) is 35.5 Å². The largest absolute Gasteiger partial charge is 0.444 e. The van der Waals surface area contributed by atoms with Crippen LogP contribution in [0.25, 0.3) is 10.9 Å². The number of amides is 1. The van der Waals surface area contributed by atoms with Gasteiger partial charge in [0.25, 0.3) is 0 Å². The molecular weight excluding hydrogens is 326 g/mol. The summed E-state index contributed by atoms with van der Waals surface area (Å²) in [4.78, 5) is 18.3. The zero-order valence-electron chi connectivity index (χ0n) is 14.2. The number of hydrogen-bond donors (Lipinski definition) is 1. The summed E-state index contributed by atoms with van der Waals surface area (Å²) in [6.07, 6.45) is 2.27. The molecule has 1 aromatic carbocycles. The second kappa shape index (κ2) is 6.48. The number of rotatable bonds is 2. The van der Waals surface area contributed by atoms with Crippen molar-refractivity contribution < 1.29 is 9.53 Å². The Morgan fingerprint density at radius 2 is 2.21 bits per heavy atom. The van der Waals surface area contributed by atoms with Crippen molar-refractivity contribution >= 4 is 34.3 Å². The molecule has 1 amide bonds. The molecule has 3 rings (SSSR count). The normalized spacial score (nSPS) is 18.0. The standard InChI is InChI=1S/C18H22ClN3O2/c1-18(2,3)24-17(23)22-8-7-13(11-22)21-16-6-4-5-15-14(16)9-12(19)10-20-15/h4-6,9-10,13,21H,7-8,11H2,1-3H3/t13-/m0/s1. The number of nitrogens with one attached hydrogen (secondary N) is 1. The summed E-state index contributed by atoms with van der Waals surface area (Å²) in [5, 5.41) is 5.11. The lowest BCUT2D eigenvalue weighted by molar-refractivity contribution is 0.0293. The topological polar surface area (TPSA) is 54.5 Å². The number of pyridine rings is 1. The second-order valence-corrected chi connectivity index (χ2v) is 7.52. The van der Waals surface area contributed by atoms with Crippen LogP contribution >= 0.6 is 11.6 Å². The third kappa shape index (κ3) is 3.90. The Labute approximate surface area is 146 Å². The fraction of sp³-hybridized carbons (Fsp3) is 0.444. The average molecular weight is 348 g/mol. The van der Waals surface area contributed by atoms with Crippen LogP contribution in [0.1, 0.15) is 27.2 Å². The van der Waals surface area contributed by atoms with E-state index in [4.69, 9.17) is 16.3 Å². The minimum atomic E-state index is -0.472. The van der Waals surface area contributed by atoms with Crippen LogP contribution in [0.3, 0.4) is 0 Å². The van der Waals surface area contributed by atoms with Gasteiger partial charge < -0.3 is 15.0 Å². The molecule has 1 atom stereocenters. The number of anilines is 1. The highest BCUT2D eigenvalue weighted by Crippen LogP contribution is 2.27. The van der Waals surface area contributed by atoms with Crippen molar-refractivity contribution in [3.63, 3.8) is 0 Å². The smallest absolute Gasteiger partial charge is 0.410 e. The highest BCUT2D eigenvalue weighted by Gasteiger charge is 2.29. The molecule has 0 unspecified atom stereocenters. The van der Waals surface area contributed by atoms with Gasteiger partial charge in [-0.15, -0.1) is 0 Å². The van der Waals surface area contributed by atoms with Crippen molar-refractivity contribution in [2.24, 2.45) is 0 Å². The molecule has 1 aliphatic rings. The highest BCUT2D eigenvalue weighted by molar-refractivity contribution is 6.31. The molecule has 1 N–H and O–H groups in total. The van der Waals surface area contributed by atoms with E-state index in [1.165, 1.54) is 0 Å². The van der Waals surface area contributed by atoms with E-state index in [0.29, 0.717) is 18.1 Å². The van der Waals surface area contributed by atoms with Gasteiger partial charge >= 0.3 is 6.09 Å². The van der Waals surface area contributed by atoms with Crippen LogP contribution < -0.4 is 5.32 Å².